The molecule has 2 unspecified atom stereocenters. The molecule has 3 N–H and O–H groups in total. The van der Waals surface area contributed by atoms with Crippen molar-refractivity contribution >= 4 is 28.8 Å². The molecule has 0 aliphatic carbocycles. The number of hydrogen-bond donors (Lipinski definition) is 3. The zero-order chi connectivity index (χ0) is 19.1. The standard InChI is InChI=1S/C20H27N3O3/c1-4-7-14(11-22-26)20(25)23-18(10-19(24)13(2)3)16-12-21-17-9-6-5-8-15(16)17/h5-6,8-9,11-14,18,21,26H,4,7,10H2,1-3H3,(H,23,25)/b22-11+. The van der Waals surface area contributed by atoms with Crippen LogP contribution in [-0.2, 0) is 9.59 Å². The third-order valence-corrected chi connectivity index (χ3v) is 4.55. The maximum atomic E-state index is 12.7. The summed E-state index contributed by atoms with van der Waals surface area (Å²) in [4.78, 5) is 28.2. The number of Topliss-reactive ketones (excluding diaryl/α,β-unsaturated/α-hetero) is 1. The van der Waals surface area contributed by atoms with Crippen LogP contribution in [0.25, 0.3) is 10.9 Å². The van der Waals surface area contributed by atoms with E-state index in [9.17, 15) is 9.59 Å². The quantitative estimate of drug-likeness (QED) is 0.362. The lowest BCUT2D eigenvalue weighted by atomic mass is 9.95. The Hall–Kier alpha value is -2.63. The van der Waals surface area contributed by atoms with Crippen LogP contribution in [0.4, 0.5) is 0 Å². The Morgan fingerprint density at radius 3 is 2.69 bits per heavy atom. The first-order valence-electron chi connectivity index (χ1n) is 9.04. The summed E-state index contributed by atoms with van der Waals surface area (Å²) in [6.07, 6.45) is 4.68. The number of amides is 1. The highest BCUT2D eigenvalue weighted by Crippen LogP contribution is 2.27. The van der Waals surface area contributed by atoms with E-state index in [1.54, 1.807) is 0 Å². The molecule has 1 heterocycles. The second-order valence-electron chi connectivity index (χ2n) is 6.84. The molecule has 2 aromatic rings. The molecule has 6 nitrogen and oxygen atoms in total. The highest BCUT2D eigenvalue weighted by atomic mass is 16.4. The molecule has 0 aliphatic rings. The van der Waals surface area contributed by atoms with Crippen molar-refractivity contribution in [2.75, 3.05) is 0 Å². The summed E-state index contributed by atoms with van der Waals surface area (Å²) in [7, 11) is 0. The number of oxime groups is 1. The van der Waals surface area contributed by atoms with Crippen molar-refractivity contribution in [1.29, 1.82) is 0 Å². The lowest BCUT2D eigenvalue weighted by Crippen LogP contribution is -2.36. The van der Waals surface area contributed by atoms with E-state index in [1.807, 2.05) is 51.2 Å². The van der Waals surface area contributed by atoms with Gasteiger partial charge in [0.15, 0.2) is 0 Å². The molecule has 1 aromatic carbocycles. The molecule has 140 valence electrons. The highest BCUT2D eigenvalue weighted by molar-refractivity contribution is 5.94. The topological polar surface area (TPSA) is 94.6 Å². The van der Waals surface area contributed by atoms with E-state index in [0.717, 1.165) is 22.9 Å². The Labute approximate surface area is 153 Å². The second kappa shape index (κ2) is 9.17. The summed E-state index contributed by atoms with van der Waals surface area (Å²) in [6.45, 7) is 5.68. The first kappa shape index (κ1) is 19.7. The van der Waals surface area contributed by atoms with Crippen LogP contribution in [0.5, 0.6) is 0 Å². The molecule has 2 atom stereocenters. The van der Waals surface area contributed by atoms with Crippen LogP contribution in [0.15, 0.2) is 35.6 Å². The number of fused-ring (bicyclic) bond motifs is 1. The minimum atomic E-state index is -0.521. The third-order valence-electron chi connectivity index (χ3n) is 4.55. The Kier molecular flexibility index (Phi) is 6.95. The largest absolute Gasteiger partial charge is 0.411 e. The number of aromatic nitrogens is 1. The number of carbonyl (C=O) groups excluding carboxylic acids is 2. The van der Waals surface area contributed by atoms with E-state index in [4.69, 9.17) is 5.21 Å². The number of benzene rings is 1. The van der Waals surface area contributed by atoms with Gasteiger partial charge in [0, 0.05) is 35.0 Å². The minimum Gasteiger partial charge on any atom is -0.411 e. The van der Waals surface area contributed by atoms with Gasteiger partial charge in [-0.3, -0.25) is 9.59 Å². The Morgan fingerprint density at radius 2 is 2.04 bits per heavy atom. The van der Waals surface area contributed by atoms with Gasteiger partial charge in [-0.15, -0.1) is 5.16 Å². The molecule has 2 rings (SSSR count). The number of hydrogen-bond acceptors (Lipinski definition) is 4. The molecule has 1 amide bonds. The van der Waals surface area contributed by atoms with Gasteiger partial charge in [-0.1, -0.05) is 45.4 Å². The Bertz CT molecular complexity index is 779. The van der Waals surface area contributed by atoms with Crippen molar-refractivity contribution in [3.63, 3.8) is 0 Å². The molecule has 1 aromatic heterocycles. The number of nitrogens with zero attached hydrogens (tertiary/aromatic N) is 1. The molecule has 0 radical (unpaired) electrons. The highest BCUT2D eigenvalue weighted by Gasteiger charge is 2.25. The van der Waals surface area contributed by atoms with Gasteiger partial charge in [-0.25, -0.2) is 0 Å². The van der Waals surface area contributed by atoms with Gasteiger partial charge in [0.25, 0.3) is 0 Å². The molecule has 0 aliphatic heterocycles. The van der Waals surface area contributed by atoms with E-state index in [0.29, 0.717) is 6.42 Å². The molecule has 0 saturated heterocycles. The minimum absolute atomic E-state index is 0.0865. The average molecular weight is 357 g/mol. The molecular weight excluding hydrogens is 330 g/mol. The van der Waals surface area contributed by atoms with Gasteiger partial charge in [0.2, 0.25) is 5.91 Å². The molecule has 6 heteroatoms. The zero-order valence-corrected chi connectivity index (χ0v) is 15.5. The summed E-state index contributed by atoms with van der Waals surface area (Å²) >= 11 is 0. The molecule has 0 bridgehead atoms. The van der Waals surface area contributed by atoms with E-state index < -0.39 is 12.0 Å². The monoisotopic (exact) mass is 357 g/mol. The molecule has 26 heavy (non-hydrogen) atoms. The molecular formula is C20H27N3O3. The van der Waals surface area contributed by atoms with Gasteiger partial charge < -0.3 is 15.5 Å². The summed E-state index contributed by atoms with van der Waals surface area (Å²) in [5.74, 6) is -0.781. The van der Waals surface area contributed by atoms with E-state index >= 15 is 0 Å². The van der Waals surface area contributed by atoms with Crippen LogP contribution >= 0.6 is 0 Å². The molecule has 0 fully saturated rings. The van der Waals surface area contributed by atoms with Gasteiger partial charge in [0.05, 0.1) is 18.2 Å². The summed E-state index contributed by atoms with van der Waals surface area (Å²) < 4.78 is 0. The number of nitrogens with one attached hydrogen (secondary N) is 2. The van der Waals surface area contributed by atoms with Gasteiger partial charge in [-0.2, -0.15) is 0 Å². The zero-order valence-electron chi connectivity index (χ0n) is 15.5. The third kappa shape index (κ3) is 4.71. The van der Waals surface area contributed by atoms with E-state index in [2.05, 4.69) is 15.5 Å². The Morgan fingerprint density at radius 1 is 1.31 bits per heavy atom. The normalized spacial score (nSPS) is 14.0. The van der Waals surface area contributed by atoms with Crippen LogP contribution in [0.1, 0.15) is 51.6 Å². The predicted octanol–water partition coefficient (Wildman–Crippen LogP) is 3.82. The fraction of sp³-hybridized carbons (Fsp3) is 0.450. The van der Waals surface area contributed by atoms with Gasteiger partial charge in [-0.05, 0) is 12.5 Å². The average Bonchev–Trinajstić information content (AvgIpc) is 3.04. The smallest absolute Gasteiger partial charge is 0.229 e. The fourth-order valence-corrected chi connectivity index (χ4v) is 3.00. The summed E-state index contributed by atoms with van der Waals surface area (Å²) in [6, 6.07) is 7.37. The number of H-pyrrole nitrogens is 1. The van der Waals surface area contributed by atoms with Crippen molar-refractivity contribution in [2.45, 2.75) is 46.1 Å². The van der Waals surface area contributed by atoms with Gasteiger partial charge in [0.1, 0.15) is 5.78 Å². The maximum Gasteiger partial charge on any atom is 0.229 e. The van der Waals surface area contributed by atoms with Crippen LogP contribution in [0.3, 0.4) is 0 Å². The SMILES string of the molecule is CCCC(/C=N/O)C(=O)NC(CC(=O)C(C)C)c1c[nH]c2ccccc12. The predicted molar refractivity (Wildman–Crippen MR) is 102 cm³/mol. The van der Waals surface area contributed by atoms with Crippen LogP contribution in [0, 0.1) is 11.8 Å². The lowest BCUT2D eigenvalue weighted by Gasteiger charge is -2.21. The van der Waals surface area contributed by atoms with Crippen molar-refractivity contribution in [1.82, 2.24) is 10.3 Å². The number of aromatic amines is 1. The van der Waals surface area contributed by atoms with Crippen molar-refractivity contribution in [3.05, 3.63) is 36.0 Å². The molecule has 0 spiro atoms. The number of para-hydroxylation sites is 1. The number of carbonyl (C=O) groups is 2. The summed E-state index contributed by atoms with van der Waals surface area (Å²) in [5, 5.41) is 15.8. The first-order chi connectivity index (χ1) is 12.5. The fourth-order valence-electron chi connectivity index (χ4n) is 3.00. The van der Waals surface area contributed by atoms with Crippen molar-refractivity contribution in [3.8, 4) is 0 Å². The summed E-state index contributed by atoms with van der Waals surface area (Å²) in [5.41, 5.74) is 1.85. The molecule has 0 saturated carbocycles. The van der Waals surface area contributed by atoms with Crippen molar-refractivity contribution < 1.29 is 14.8 Å². The van der Waals surface area contributed by atoms with Gasteiger partial charge >= 0.3 is 0 Å². The first-order valence-corrected chi connectivity index (χ1v) is 9.04. The lowest BCUT2D eigenvalue weighted by molar-refractivity contribution is -0.125. The number of ketones is 1. The maximum absolute atomic E-state index is 12.7. The van der Waals surface area contributed by atoms with Crippen molar-refractivity contribution in [2.24, 2.45) is 17.0 Å². The van der Waals surface area contributed by atoms with Crippen LogP contribution in [-0.4, -0.2) is 28.1 Å². The second-order valence-corrected chi connectivity index (χ2v) is 6.84. The van der Waals surface area contributed by atoms with E-state index in [1.165, 1.54) is 6.21 Å². The van der Waals surface area contributed by atoms with E-state index in [-0.39, 0.29) is 24.0 Å². The Balaban J connectivity index is 2.32. The van der Waals surface area contributed by atoms with Crippen LogP contribution in [0.2, 0.25) is 0 Å². The van der Waals surface area contributed by atoms with Crippen LogP contribution < -0.4 is 5.32 Å². The number of rotatable bonds is 9.